The largest absolute Gasteiger partial charge is 0.418 e. The Hall–Kier alpha value is 0.0300. The lowest BCUT2D eigenvalue weighted by Gasteiger charge is -2.11. The fourth-order valence-electron chi connectivity index (χ4n) is 0.971. The third-order valence-corrected chi connectivity index (χ3v) is 2.62. The maximum Gasteiger partial charge on any atom is 0.418 e. The molecule has 0 nitrogen and oxygen atoms in total. The molecule has 0 saturated heterocycles. The number of aryl methyl sites for hydroxylation is 1. The molecule has 72 valence electrons. The summed E-state index contributed by atoms with van der Waals surface area (Å²) in [6.07, 6.45) is -4.37. The Balaban J connectivity index is 3.38. The maximum atomic E-state index is 12.4. The standard InChI is InChI=1S/C8H5ClF3I/c1-4-2-5(9)7(6(13)3-4)8(10,11)12/h2-3H,1H3. The number of hydrogen-bond donors (Lipinski definition) is 0. The van der Waals surface area contributed by atoms with Crippen LogP contribution in [0.3, 0.4) is 0 Å². The van der Waals surface area contributed by atoms with Crippen molar-refractivity contribution in [2.24, 2.45) is 0 Å². The molecule has 0 aliphatic heterocycles. The normalized spacial score (nSPS) is 11.8. The Bertz CT molecular complexity index is 310. The van der Waals surface area contributed by atoms with Crippen LogP contribution in [0.25, 0.3) is 0 Å². The van der Waals surface area contributed by atoms with Crippen molar-refractivity contribution in [2.75, 3.05) is 0 Å². The zero-order valence-corrected chi connectivity index (χ0v) is 9.46. The quantitative estimate of drug-likeness (QED) is 0.626. The molecule has 1 aromatic rings. The van der Waals surface area contributed by atoms with Crippen LogP contribution in [0.1, 0.15) is 11.1 Å². The lowest BCUT2D eigenvalue weighted by atomic mass is 10.1. The van der Waals surface area contributed by atoms with Crippen LogP contribution in [0.15, 0.2) is 12.1 Å². The van der Waals surface area contributed by atoms with E-state index in [0.717, 1.165) is 5.56 Å². The van der Waals surface area contributed by atoms with Crippen LogP contribution >= 0.6 is 34.2 Å². The van der Waals surface area contributed by atoms with Gasteiger partial charge in [0, 0.05) is 3.57 Å². The van der Waals surface area contributed by atoms with Crippen LogP contribution in [0.2, 0.25) is 5.02 Å². The minimum Gasteiger partial charge on any atom is -0.166 e. The van der Waals surface area contributed by atoms with Gasteiger partial charge in [0.05, 0.1) is 10.6 Å². The summed E-state index contributed by atoms with van der Waals surface area (Å²) < 4.78 is 37.2. The maximum absolute atomic E-state index is 12.4. The summed E-state index contributed by atoms with van der Waals surface area (Å²) in [6, 6.07) is 2.77. The summed E-state index contributed by atoms with van der Waals surface area (Å²) in [4.78, 5) is 0. The first kappa shape index (κ1) is 11.1. The average Bonchev–Trinajstić information content (AvgIpc) is 1.78. The molecule has 0 amide bonds. The zero-order chi connectivity index (χ0) is 10.2. The van der Waals surface area contributed by atoms with Gasteiger partial charge in [0.25, 0.3) is 0 Å². The smallest absolute Gasteiger partial charge is 0.166 e. The summed E-state index contributed by atoms with van der Waals surface area (Å²) >= 11 is 7.13. The summed E-state index contributed by atoms with van der Waals surface area (Å²) in [5.74, 6) is 0. The van der Waals surface area contributed by atoms with E-state index < -0.39 is 11.7 Å². The first-order valence-corrected chi connectivity index (χ1v) is 4.81. The van der Waals surface area contributed by atoms with E-state index in [1.165, 1.54) is 12.1 Å². The molecule has 0 aromatic heterocycles. The topological polar surface area (TPSA) is 0 Å². The van der Waals surface area contributed by atoms with Crippen molar-refractivity contribution >= 4 is 34.2 Å². The molecule has 0 radical (unpaired) electrons. The molecule has 0 fully saturated rings. The van der Waals surface area contributed by atoms with Gasteiger partial charge in [-0.3, -0.25) is 0 Å². The summed E-state index contributed by atoms with van der Waals surface area (Å²) in [7, 11) is 0. The second kappa shape index (κ2) is 3.65. The van der Waals surface area contributed by atoms with Gasteiger partial charge in [-0.25, -0.2) is 0 Å². The van der Waals surface area contributed by atoms with Gasteiger partial charge in [-0.05, 0) is 47.2 Å². The van der Waals surface area contributed by atoms with Crippen molar-refractivity contribution < 1.29 is 13.2 Å². The monoisotopic (exact) mass is 320 g/mol. The predicted molar refractivity (Wildman–Crippen MR) is 53.9 cm³/mol. The summed E-state index contributed by atoms with van der Waals surface area (Å²) in [5, 5.41) is -0.239. The highest BCUT2D eigenvalue weighted by Gasteiger charge is 2.35. The third kappa shape index (κ3) is 2.49. The predicted octanol–water partition coefficient (Wildman–Crippen LogP) is 4.27. The average molecular weight is 320 g/mol. The highest BCUT2D eigenvalue weighted by Crippen LogP contribution is 2.38. The van der Waals surface area contributed by atoms with Gasteiger partial charge >= 0.3 is 6.18 Å². The molecule has 0 bridgehead atoms. The van der Waals surface area contributed by atoms with Crippen molar-refractivity contribution in [1.29, 1.82) is 0 Å². The van der Waals surface area contributed by atoms with Gasteiger partial charge in [0.1, 0.15) is 0 Å². The fourth-order valence-corrected chi connectivity index (χ4v) is 2.60. The van der Waals surface area contributed by atoms with Crippen molar-refractivity contribution in [3.63, 3.8) is 0 Å². The van der Waals surface area contributed by atoms with Crippen LogP contribution < -0.4 is 0 Å². The van der Waals surface area contributed by atoms with E-state index >= 15 is 0 Å². The van der Waals surface area contributed by atoms with Crippen LogP contribution in [0, 0.1) is 10.5 Å². The minimum atomic E-state index is -4.37. The molecule has 0 unspecified atom stereocenters. The molecule has 0 atom stereocenters. The van der Waals surface area contributed by atoms with Gasteiger partial charge in [0.15, 0.2) is 0 Å². The molecule has 0 aliphatic rings. The molecule has 0 aliphatic carbocycles. The fraction of sp³-hybridized carbons (Fsp3) is 0.250. The molecule has 0 spiro atoms. The molecule has 0 N–H and O–H groups in total. The van der Waals surface area contributed by atoms with Crippen LogP contribution in [-0.2, 0) is 6.18 Å². The number of rotatable bonds is 0. The summed E-state index contributed by atoms with van der Waals surface area (Å²) in [5.41, 5.74) is -0.0252. The first-order chi connectivity index (χ1) is 5.82. The van der Waals surface area contributed by atoms with E-state index in [2.05, 4.69) is 0 Å². The number of halogens is 5. The molecule has 0 saturated carbocycles. The van der Waals surface area contributed by atoms with Crippen LogP contribution in [0.5, 0.6) is 0 Å². The van der Waals surface area contributed by atoms with E-state index in [1.54, 1.807) is 29.5 Å². The van der Waals surface area contributed by atoms with Gasteiger partial charge in [-0.1, -0.05) is 11.6 Å². The minimum absolute atomic E-state index is 0.134. The molecular formula is C8H5ClF3I. The molecule has 13 heavy (non-hydrogen) atoms. The highest BCUT2D eigenvalue weighted by atomic mass is 127. The number of benzene rings is 1. The first-order valence-electron chi connectivity index (χ1n) is 3.35. The third-order valence-electron chi connectivity index (χ3n) is 1.47. The second-order valence-corrected chi connectivity index (χ2v) is 4.17. The van der Waals surface area contributed by atoms with Crippen molar-refractivity contribution in [1.82, 2.24) is 0 Å². The SMILES string of the molecule is Cc1cc(Cl)c(C(F)(F)F)c(I)c1. The van der Waals surface area contributed by atoms with Crippen molar-refractivity contribution in [3.05, 3.63) is 31.9 Å². The van der Waals surface area contributed by atoms with Crippen LogP contribution in [-0.4, -0.2) is 0 Å². The van der Waals surface area contributed by atoms with Gasteiger partial charge in [0.2, 0.25) is 0 Å². The van der Waals surface area contributed by atoms with E-state index in [1.807, 2.05) is 0 Å². The zero-order valence-electron chi connectivity index (χ0n) is 6.54. The Morgan fingerprint density at radius 2 is 1.85 bits per heavy atom. The highest BCUT2D eigenvalue weighted by molar-refractivity contribution is 14.1. The van der Waals surface area contributed by atoms with Gasteiger partial charge in [-0.15, -0.1) is 0 Å². The summed E-state index contributed by atoms with van der Waals surface area (Å²) in [6.45, 7) is 1.70. The lowest BCUT2D eigenvalue weighted by molar-refractivity contribution is -0.138. The van der Waals surface area contributed by atoms with Crippen LogP contribution in [0.4, 0.5) is 13.2 Å². The van der Waals surface area contributed by atoms with Gasteiger partial charge < -0.3 is 0 Å². The number of hydrogen-bond acceptors (Lipinski definition) is 0. The second-order valence-electron chi connectivity index (χ2n) is 2.60. The molecule has 1 aromatic carbocycles. The lowest BCUT2D eigenvalue weighted by Crippen LogP contribution is -2.08. The van der Waals surface area contributed by atoms with E-state index in [0.29, 0.717) is 0 Å². The van der Waals surface area contributed by atoms with Crippen molar-refractivity contribution in [3.8, 4) is 0 Å². The van der Waals surface area contributed by atoms with Crippen molar-refractivity contribution in [2.45, 2.75) is 13.1 Å². The van der Waals surface area contributed by atoms with Gasteiger partial charge in [-0.2, -0.15) is 13.2 Å². The van der Waals surface area contributed by atoms with E-state index in [9.17, 15) is 13.2 Å². The Morgan fingerprint density at radius 1 is 1.31 bits per heavy atom. The van der Waals surface area contributed by atoms with E-state index in [-0.39, 0.29) is 8.59 Å². The Kier molecular flexibility index (Phi) is 3.12. The molecular weight excluding hydrogens is 315 g/mol. The molecule has 0 heterocycles. The Labute approximate surface area is 92.2 Å². The Morgan fingerprint density at radius 3 is 2.23 bits per heavy atom. The molecule has 5 heteroatoms. The molecule has 1 rings (SSSR count). The number of alkyl halides is 3. The van der Waals surface area contributed by atoms with E-state index in [4.69, 9.17) is 11.6 Å².